The molecule has 2 aliphatic rings. The van der Waals surface area contributed by atoms with E-state index in [1.54, 1.807) is 0 Å². The molecule has 0 radical (unpaired) electrons. The maximum absolute atomic E-state index is 6.49. The van der Waals surface area contributed by atoms with Crippen LogP contribution in [0.2, 0.25) is 0 Å². The summed E-state index contributed by atoms with van der Waals surface area (Å²) in [5.41, 5.74) is 4.54. The van der Waals surface area contributed by atoms with Crippen LogP contribution in [0.3, 0.4) is 0 Å². The molecular formula is C28H32BNO3. The molecule has 4 nitrogen and oxygen atoms in total. The monoisotopic (exact) mass is 441 g/mol. The van der Waals surface area contributed by atoms with Crippen molar-refractivity contribution in [2.45, 2.75) is 65.1 Å². The molecule has 0 aliphatic carbocycles. The Labute approximate surface area is 197 Å². The molecule has 0 bridgehead atoms. The lowest BCUT2D eigenvalue weighted by Crippen LogP contribution is -2.41. The summed E-state index contributed by atoms with van der Waals surface area (Å²) in [6.45, 7) is 15.0. The number of nitrogens with zero attached hydrogens (tertiary/aromatic N) is 1. The SMILES string of the molecule is CC(C)(C)c1ccc(N2c3ccccc3Oc3c(B4OC(C)(C)C(C)(C)O4)cccc32)cc1. The summed E-state index contributed by atoms with van der Waals surface area (Å²) in [5.74, 6) is 1.59. The largest absolute Gasteiger partial charge is 0.498 e. The number of ether oxygens (including phenoxy) is 1. The predicted octanol–water partition coefficient (Wildman–Crippen LogP) is 6.86. The summed E-state index contributed by atoms with van der Waals surface area (Å²) in [5, 5.41) is 0. The Balaban J connectivity index is 1.63. The highest BCUT2D eigenvalue weighted by atomic mass is 16.7. The van der Waals surface area contributed by atoms with E-state index < -0.39 is 18.3 Å². The van der Waals surface area contributed by atoms with Crippen LogP contribution in [0.25, 0.3) is 0 Å². The van der Waals surface area contributed by atoms with Gasteiger partial charge in [-0.05, 0) is 69.0 Å². The number of anilines is 3. The van der Waals surface area contributed by atoms with E-state index in [0.29, 0.717) is 0 Å². The zero-order valence-electron chi connectivity index (χ0n) is 20.6. The average molecular weight is 441 g/mol. The van der Waals surface area contributed by atoms with E-state index in [2.05, 4.69) is 89.8 Å². The Morgan fingerprint density at radius 2 is 1.33 bits per heavy atom. The number of fused-ring (bicyclic) bond motifs is 2. The minimum Gasteiger partial charge on any atom is -0.453 e. The van der Waals surface area contributed by atoms with E-state index in [4.69, 9.17) is 14.0 Å². The standard InChI is InChI=1S/C28H32BNO3/c1-26(2,3)19-15-17-20(18-16-19)30-22-12-8-9-14-24(22)31-25-21(11-10-13-23(25)30)29-32-27(4,5)28(6,7)33-29/h8-18H,1-7H3. The van der Waals surface area contributed by atoms with Crippen LogP contribution in [-0.2, 0) is 14.7 Å². The third-order valence-electron chi connectivity index (χ3n) is 7.08. The van der Waals surface area contributed by atoms with Crippen LogP contribution in [0.15, 0.2) is 66.7 Å². The van der Waals surface area contributed by atoms with Gasteiger partial charge in [0.25, 0.3) is 0 Å². The lowest BCUT2D eigenvalue weighted by atomic mass is 9.77. The Morgan fingerprint density at radius 3 is 1.97 bits per heavy atom. The lowest BCUT2D eigenvalue weighted by Gasteiger charge is -2.34. The minimum atomic E-state index is -0.500. The quantitative estimate of drug-likeness (QED) is 0.318. The second-order valence-electron chi connectivity index (χ2n) is 11.0. The Morgan fingerprint density at radius 1 is 0.727 bits per heavy atom. The first kappa shape index (κ1) is 22.1. The molecule has 1 fully saturated rings. The number of benzene rings is 3. The van der Waals surface area contributed by atoms with E-state index in [1.807, 2.05) is 30.3 Å². The fraction of sp³-hybridized carbons (Fsp3) is 0.357. The van der Waals surface area contributed by atoms with Crippen molar-refractivity contribution in [1.29, 1.82) is 0 Å². The molecule has 1 saturated heterocycles. The molecule has 2 heterocycles. The molecule has 3 aromatic rings. The lowest BCUT2D eigenvalue weighted by molar-refractivity contribution is 0.00578. The molecule has 0 amide bonds. The maximum atomic E-state index is 6.49. The molecule has 0 spiro atoms. The first-order valence-electron chi connectivity index (χ1n) is 11.6. The molecule has 0 saturated carbocycles. The molecule has 5 heteroatoms. The van der Waals surface area contributed by atoms with Crippen molar-refractivity contribution in [2.75, 3.05) is 4.90 Å². The van der Waals surface area contributed by atoms with E-state index in [0.717, 1.165) is 34.0 Å². The zero-order chi connectivity index (χ0) is 23.6. The third kappa shape index (κ3) is 3.64. The summed E-state index contributed by atoms with van der Waals surface area (Å²) in [6, 6.07) is 23.1. The first-order valence-corrected chi connectivity index (χ1v) is 11.6. The third-order valence-corrected chi connectivity index (χ3v) is 7.08. The molecule has 0 unspecified atom stereocenters. The van der Waals surface area contributed by atoms with Crippen molar-refractivity contribution in [3.05, 3.63) is 72.3 Å². The van der Waals surface area contributed by atoms with Gasteiger partial charge in [0.05, 0.1) is 22.6 Å². The summed E-state index contributed by atoms with van der Waals surface area (Å²) in [6.07, 6.45) is 0. The topological polar surface area (TPSA) is 30.9 Å². The zero-order valence-corrected chi connectivity index (χ0v) is 20.6. The van der Waals surface area contributed by atoms with Gasteiger partial charge in [0.1, 0.15) is 0 Å². The molecule has 170 valence electrons. The van der Waals surface area contributed by atoms with Gasteiger partial charge in [0.15, 0.2) is 11.5 Å². The maximum Gasteiger partial charge on any atom is 0.498 e. The number of hydrogen-bond acceptors (Lipinski definition) is 4. The first-order chi connectivity index (χ1) is 15.5. The highest BCUT2D eigenvalue weighted by Crippen LogP contribution is 2.50. The minimum absolute atomic E-state index is 0.100. The van der Waals surface area contributed by atoms with Crippen LogP contribution in [0.1, 0.15) is 54.0 Å². The van der Waals surface area contributed by atoms with Gasteiger partial charge < -0.3 is 18.9 Å². The van der Waals surface area contributed by atoms with Crippen molar-refractivity contribution < 1.29 is 14.0 Å². The molecule has 5 rings (SSSR count). The average Bonchev–Trinajstić information content (AvgIpc) is 2.98. The van der Waals surface area contributed by atoms with Crippen molar-refractivity contribution >= 4 is 29.6 Å². The summed E-state index contributed by atoms with van der Waals surface area (Å²) in [7, 11) is -0.500. The van der Waals surface area contributed by atoms with Crippen molar-refractivity contribution in [3.8, 4) is 11.5 Å². The molecule has 3 aromatic carbocycles. The Hall–Kier alpha value is -2.76. The van der Waals surface area contributed by atoms with Crippen molar-refractivity contribution in [1.82, 2.24) is 0 Å². The van der Waals surface area contributed by atoms with E-state index in [1.165, 1.54) is 5.56 Å². The number of para-hydroxylation sites is 3. The van der Waals surface area contributed by atoms with Gasteiger partial charge >= 0.3 is 7.12 Å². The molecule has 0 atom stereocenters. The van der Waals surface area contributed by atoms with E-state index in [-0.39, 0.29) is 5.41 Å². The summed E-state index contributed by atoms with van der Waals surface area (Å²) >= 11 is 0. The van der Waals surface area contributed by atoms with Crippen LogP contribution < -0.4 is 15.1 Å². The second-order valence-corrected chi connectivity index (χ2v) is 11.0. The van der Waals surface area contributed by atoms with Crippen LogP contribution in [0, 0.1) is 0 Å². The molecule has 0 N–H and O–H groups in total. The summed E-state index contributed by atoms with van der Waals surface area (Å²) < 4.78 is 19.2. The smallest absolute Gasteiger partial charge is 0.453 e. The molecule has 0 aromatic heterocycles. The van der Waals surface area contributed by atoms with Gasteiger partial charge in [0.2, 0.25) is 0 Å². The van der Waals surface area contributed by atoms with Gasteiger partial charge in [-0.3, -0.25) is 0 Å². The second kappa shape index (κ2) is 7.38. The van der Waals surface area contributed by atoms with Gasteiger partial charge in [-0.1, -0.05) is 57.2 Å². The number of rotatable bonds is 2. The Kier molecular flexibility index (Phi) is 4.93. The molecule has 33 heavy (non-hydrogen) atoms. The van der Waals surface area contributed by atoms with Crippen LogP contribution >= 0.6 is 0 Å². The summed E-state index contributed by atoms with van der Waals surface area (Å²) in [4.78, 5) is 2.26. The predicted molar refractivity (Wildman–Crippen MR) is 136 cm³/mol. The highest BCUT2D eigenvalue weighted by molar-refractivity contribution is 6.63. The molecule has 2 aliphatic heterocycles. The fourth-order valence-electron chi connectivity index (χ4n) is 4.34. The fourth-order valence-corrected chi connectivity index (χ4v) is 4.34. The van der Waals surface area contributed by atoms with Gasteiger partial charge in [-0.25, -0.2) is 0 Å². The van der Waals surface area contributed by atoms with Crippen LogP contribution in [0.5, 0.6) is 11.5 Å². The number of hydrogen-bond donors (Lipinski definition) is 0. The van der Waals surface area contributed by atoms with Gasteiger partial charge in [-0.2, -0.15) is 0 Å². The van der Waals surface area contributed by atoms with E-state index in [9.17, 15) is 0 Å². The van der Waals surface area contributed by atoms with E-state index >= 15 is 0 Å². The Bertz CT molecular complexity index is 1180. The van der Waals surface area contributed by atoms with Crippen molar-refractivity contribution in [2.24, 2.45) is 0 Å². The van der Waals surface area contributed by atoms with Crippen molar-refractivity contribution in [3.63, 3.8) is 0 Å². The van der Waals surface area contributed by atoms with Crippen LogP contribution in [-0.4, -0.2) is 18.3 Å². The molecular weight excluding hydrogens is 409 g/mol. The highest BCUT2D eigenvalue weighted by Gasteiger charge is 2.53. The van der Waals surface area contributed by atoms with Crippen LogP contribution in [0.4, 0.5) is 17.1 Å². The van der Waals surface area contributed by atoms with Gasteiger partial charge in [-0.15, -0.1) is 0 Å². The van der Waals surface area contributed by atoms with Gasteiger partial charge in [0, 0.05) is 11.2 Å². The normalized spacial score (nSPS) is 18.5.